The van der Waals surface area contributed by atoms with Crippen molar-refractivity contribution in [3.63, 3.8) is 0 Å². The Balaban J connectivity index is 2.50. The Hall–Kier alpha value is -1.57. The first-order valence-corrected chi connectivity index (χ1v) is 3.53. The van der Waals surface area contributed by atoms with E-state index in [4.69, 9.17) is 15.8 Å². The van der Waals surface area contributed by atoms with E-state index in [1.54, 1.807) is 18.2 Å². The van der Waals surface area contributed by atoms with Crippen molar-refractivity contribution < 1.29 is 4.84 Å². The number of nitrogens with zero attached hydrogens (tertiary/aromatic N) is 1. The molecule has 3 N–H and O–H groups in total. The van der Waals surface area contributed by atoms with Gasteiger partial charge >= 0.3 is 0 Å². The van der Waals surface area contributed by atoms with Gasteiger partial charge in [0.05, 0.1) is 11.6 Å². The summed E-state index contributed by atoms with van der Waals surface area (Å²) in [5, 5.41) is 8.58. The number of rotatable bonds is 0. The third-order valence-electron chi connectivity index (χ3n) is 1.77. The van der Waals surface area contributed by atoms with Gasteiger partial charge in [-0.25, -0.2) is 0 Å². The van der Waals surface area contributed by atoms with Crippen LogP contribution < -0.4 is 16.1 Å². The van der Waals surface area contributed by atoms with Crippen LogP contribution in [0.15, 0.2) is 18.2 Å². The quantitative estimate of drug-likeness (QED) is 0.578. The van der Waals surface area contributed by atoms with Gasteiger partial charge in [-0.2, -0.15) is 5.26 Å². The van der Waals surface area contributed by atoms with E-state index in [1.165, 1.54) is 0 Å². The molecule has 0 fully saturated rings. The van der Waals surface area contributed by atoms with Gasteiger partial charge in [-0.1, -0.05) is 6.07 Å². The minimum atomic E-state index is -0.284. The molecule has 0 amide bonds. The molecule has 0 bridgehead atoms. The first kappa shape index (κ1) is 7.10. The van der Waals surface area contributed by atoms with Gasteiger partial charge < -0.3 is 10.6 Å². The second-order valence-corrected chi connectivity index (χ2v) is 2.56. The first-order chi connectivity index (χ1) is 5.81. The summed E-state index contributed by atoms with van der Waals surface area (Å²) < 4.78 is 0. The predicted octanol–water partition coefficient (Wildman–Crippen LogP) is 0.413. The molecule has 0 aromatic heterocycles. The molecular formula is C8H7N3O. The van der Waals surface area contributed by atoms with Crippen molar-refractivity contribution in [1.29, 1.82) is 5.26 Å². The number of nitriles is 1. The number of nitrogens with one attached hydrogen (secondary N) is 1. The minimum Gasteiger partial charge on any atom is -0.406 e. The summed E-state index contributed by atoms with van der Waals surface area (Å²) >= 11 is 0. The maximum Gasteiger partial charge on any atom is 0.154 e. The average Bonchev–Trinajstić information content (AvgIpc) is 2.47. The van der Waals surface area contributed by atoms with E-state index in [2.05, 4.69) is 5.48 Å². The fourth-order valence-corrected chi connectivity index (χ4v) is 1.14. The van der Waals surface area contributed by atoms with Crippen molar-refractivity contribution in [2.45, 2.75) is 6.17 Å². The lowest BCUT2D eigenvalue weighted by atomic mass is 10.1. The molecule has 0 radical (unpaired) electrons. The van der Waals surface area contributed by atoms with Gasteiger partial charge in [-0.05, 0) is 6.07 Å². The molecule has 1 aromatic rings. The Morgan fingerprint density at radius 2 is 2.42 bits per heavy atom. The summed E-state index contributed by atoms with van der Waals surface area (Å²) in [7, 11) is 0. The molecule has 0 saturated heterocycles. The molecule has 2 rings (SSSR count). The van der Waals surface area contributed by atoms with Crippen molar-refractivity contribution >= 4 is 0 Å². The Labute approximate surface area is 69.5 Å². The van der Waals surface area contributed by atoms with Crippen LogP contribution in [0.5, 0.6) is 5.75 Å². The van der Waals surface area contributed by atoms with Gasteiger partial charge in [0.25, 0.3) is 0 Å². The third kappa shape index (κ3) is 0.925. The topological polar surface area (TPSA) is 71.1 Å². The number of hydroxylamine groups is 1. The Bertz CT molecular complexity index is 356. The lowest BCUT2D eigenvalue weighted by Gasteiger charge is -1.98. The van der Waals surface area contributed by atoms with Crippen molar-refractivity contribution in [2.24, 2.45) is 5.73 Å². The largest absolute Gasteiger partial charge is 0.406 e. The summed E-state index contributed by atoms with van der Waals surface area (Å²) in [4.78, 5) is 5.03. The molecule has 12 heavy (non-hydrogen) atoms. The highest BCUT2D eigenvalue weighted by atomic mass is 16.7. The summed E-state index contributed by atoms with van der Waals surface area (Å²) in [6, 6.07) is 7.19. The summed E-state index contributed by atoms with van der Waals surface area (Å²) in [5.41, 5.74) is 9.68. The van der Waals surface area contributed by atoms with Gasteiger partial charge in [0.1, 0.15) is 6.17 Å². The number of benzene rings is 1. The molecule has 1 heterocycles. The van der Waals surface area contributed by atoms with E-state index in [1.807, 2.05) is 6.07 Å². The zero-order chi connectivity index (χ0) is 8.55. The summed E-state index contributed by atoms with van der Waals surface area (Å²) in [6.07, 6.45) is -0.284. The Kier molecular flexibility index (Phi) is 1.47. The zero-order valence-corrected chi connectivity index (χ0v) is 6.24. The molecule has 0 aliphatic carbocycles. The maximum atomic E-state index is 8.58. The highest BCUT2D eigenvalue weighted by Crippen LogP contribution is 2.28. The normalized spacial score (nSPS) is 19.5. The van der Waals surface area contributed by atoms with Crippen molar-refractivity contribution in [1.82, 2.24) is 5.48 Å². The molecule has 4 nitrogen and oxygen atoms in total. The number of hydrogen-bond acceptors (Lipinski definition) is 4. The van der Waals surface area contributed by atoms with Crippen LogP contribution in [-0.4, -0.2) is 0 Å². The Morgan fingerprint density at radius 3 is 3.17 bits per heavy atom. The fraction of sp³-hybridized carbons (Fsp3) is 0.125. The van der Waals surface area contributed by atoms with Gasteiger partial charge in [0.15, 0.2) is 5.75 Å². The fourth-order valence-electron chi connectivity index (χ4n) is 1.14. The van der Waals surface area contributed by atoms with Crippen LogP contribution in [0.4, 0.5) is 0 Å². The van der Waals surface area contributed by atoms with E-state index in [9.17, 15) is 0 Å². The van der Waals surface area contributed by atoms with Crippen LogP contribution in [0.25, 0.3) is 0 Å². The summed E-state index contributed by atoms with van der Waals surface area (Å²) in [6.45, 7) is 0. The first-order valence-electron chi connectivity index (χ1n) is 3.53. The highest BCUT2D eigenvalue weighted by molar-refractivity contribution is 5.45. The van der Waals surface area contributed by atoms with Crippen LogP contribution in [-0.2, 0) is 0 Å². The second kappa shape index (κ2) is 2.48. The molecule has 0 spiro atoms. The monoisotopic (exact) mass is 161 g/mol. The number of fused-ring (bicyclic) bond motifs is 1. The molecule has 0 saturated carbocycles. The number of hydrogen-bond donors (Lipinski definition) is 2. The second-order valence-electron chi connectivity index (χ2n) is 2.56. The van der Waals surface area contributed by atoms with Crippen LogP contribution in [0, 0.1) is 11.3 Å². The maximum absolute atomic E-state index is 8.58. The van der Waals surface area contributed by atoms with E-state index >= 15 is 0 Å². The molecule has 60 valence electrons. The molecular weight excluding hydrogens is 154 g/mol. The van der Waals surface area contributed by atoms with Crippen LogP contribution in [0.3, 0.4) is 0 Å². The molecule has 1 aliphatic rings. The Morgan fingerprint density at radius 1 is 1.58 bits per heavy atom. The van der Waals surface area contributed by atoms with E-state index < -0.39 is 0 Å². The van der Waals surface area contributed by atoms with E-state index in [0.29, 0.717) is 11.3 Å². The van der Waals surface area contributed by atoms with E-state index in [0.717, 1.165) is 5.56 Å². The molecule has 1 unspecified atom stereocenters. The summed E-state index contributed by atoms with van der Waals surface area (Å²) in [5.74, 6) is 0.640. The van der Waals surface area contributed by atoms with Gasteiger partial charge in [-0.15, -0.1) is 5.48 Å². The third-order valence-corrected chi connectivity index (χ3v) is 1.77. The highest BCUT2D eigenvalue weighted by Gasteiger charge is 2.19. The van der Waals surface area contributed by atoms with Crippen molar-refractivity contribution in [3.8, 4) is 11.8 Å². The SMILES string of the molecule is N#Cc1ccc2c(c1)ONC2N. The lowest BCUT2D eigenvalue weighted by molar-refractivity contribution is 0.196. The molecule has 1 aliphatic heterocycles. The van der Waals surface area contributed by atoms with Gasteiger partial charge in [-0.3, -0.25) is 0 Å². The van der Waals surface area contributed by atoms with Gasteiger partial charge in [0, 0.05) is 11.6 Å². The van der Waals surface area contributed by atoms with E-state index in [-0.39, 0.29) is 6.17 Å². The zero-order valence-electron chi connectivity index (χ0n) is 6.24. The van der Waals surface area contributed by atoms with Crippen LogP contribution in [0.1, 0.15) is 17.3 Å². The molecule has 1 aromatic carbocycles. The van der Waals surface area contributed by atoms with Crippen LogP contribution >= 0.6 is 0 Å². The molecule has 4 heteroatoms. The predicted molar refractivity (Wildman–Crippen MR) is 41.8 cm³/mol. The van der Waals surface area contributed by atoms with Crippen LogP contribution in [0.2, 0.25) is 0 Å². The van der Waals surface area contributed by atoms with Crippen molar-refractivity contribution in [3.05, 3.63) is 29.3 Å². The molecule has 1 atom stereocenters. The number of nitrogens with two attached hydrogens (primary N) is 1. The lowest BCUT2D eigenvalue weighted by Crippen LogP contribution is -2.23. The van der Waals surface area contributed by atoms with Crippen molar-refractivity contribution in [2.75, 3.05) is 0 Å². The smallest absolute Gasteiger partial charge is 0.154 e. The standard InChI is InChI=1S/C8H7N3O/c9-4-5-1-2-6-7(3-5)12-11-8(6)10/h1-3,8,11H,10H2. The average molecular weight is 161 g/mol. The van der Waals surface area contributed by atoms with Gasteiger partial charge in [0.2, 0.25) is 0 Å². The minimum absolute atomic E-state index is 0.284.